The van der Waals surface area contributed by atoms with Crippen LogP contribution in [0.2, 0.25) is 0 Å². The topological polar surface area (TPSA) is 66.8 Å². The van der Waals surface area contributed by atoms with Crippen LogP contribution >= 0.6 is 0 Å². The van der Waals surface area contributed by atoms with E-state index in [2.05, 4.69) is 0 Å². The van der Waals surface area contributed by atoms with Crippen LogP contribution in [0.25, 0.3) is 0 Å². The van der Waals surface area contributed by atoms with Crippen molar-refractivity contribution in [2.75, 3.05) is 0 Å². The van der Waals surface area contributed by atoms with Gasteiger partial charge in [-0.05, 0) is 5.46 Å². The average molecular weight is 219 g/mol. The van der Waals surface area contributed by atoms with Crippen molar-refractivity contribution in [2.45, 2.75) is 12.8 Å². The first-order valence-electron chi connectivity index (χ1n) is 4.94. The summed E-state index contributed by atoms with van der Waals surface area (Å²) in [6.07, 6.45) is 0.278. The molecule has 0 saturated carbocycles. The number of hydrogen-bond donors (Lipinski definition) is 1. The molecule has 6 heteroatoms. The smallest absolute Gasteiger partial charge is 0.422 e. The van der Waals surface area contributed by atoms with Gasteiger partial charge >= 0.3 is 7.12 Å². The minimum atomic E-state index is -1.30. The summed E-state index contributed by atoms with van der Waals surface area (Å²) in [4.78, 5) is 22.4. The van der Waals surface area contributed by atoms with Gasteiger partial charge in [0.05, 0.1) is 0 Å². The van der Waals surface area contributed by atoms with Crippen molar-refractivity contribution >= 4 is 24.4 Å². The van der Waals surface area contributed by atoms with Crippen molar-refractivity contribution in [1.82, 2.24) is 5.06 Å². The number of carbonyl (C=O) groups is 2. The third-order valence-electron chi connectivity index (χ3n) is 2.30. The fourth-order valence-corrected chi connectivity index (χ4v) is 1.45. The standard InChI is InChI=1S/C10H10BNO4/c13-9-6-7-10(14)12(9)16-11(15)8-4-2-1-3-5-8/h1-5,15H,6-7H2. The molecule has 0 bridgehead atoms. The maximum Gasteiger partial charge on any atom is 0.515 e. The van der Waals surface area contributed by atoms with Crippen LogP contribution < -0.4 is 5.46 Å². The molecule has 16 heavy (non-hydrogen) atoms. The first-order chi connectivity index (χ1) is 7.68. The van der Waals surface area contributed by atoms with E-state index >= 15 is 0 Å². The van der Waals surface area contributed by atoms with Gasteiger partial charge in [-0.3, -0.25) is 14.3 Å². The minimum Gasteiger partial charge on any atom is -0.422 e. The predicted molar refractivity (Wildman–Crippen MR) is 56.2 cm³/mol. The highest BCUT2D eigenvalue weighted by atomic mass is 16.7. The Labute approximate surface area is 92.7 Å². The fourth-order valence-electron chi connectivity index (χ4n) is 1.45. The minimum absolute atomic E-state index is 0.139. The van der Waals surface area contributed by atoms with Gasteiger partial charge in [-0.25, -0.2) is 0 Å². The van der Waals surface area contributed by atoms with Gasteiger partial charge in [0.2, 0.25) is 0 Å². The van der Waals surface area contributed by atoms with Crippen LogP contribution in [0.5, 0.6) is 0 Å². The highest BCUT2D eigenvalue weighted by Gasteiger charge is 2.34. The lowest BCUT2D eigenvalue weighted by Crippen LogP contribution is -2.43. The molecule has 2 amide bonds. The van der Waals surface area contributed by atoms with Crippen molar-refractivity contribution in [3.8, 4) is 0 Å². The van der Waals surface area contributed by atoms with E-state index in [1.807, 2.05) is 0 Å². The second-order valence-corrected chi connectivity index (χ2v) is 3.45. The van der Waals surface area contributed by atoms with E-state index in [1.54, 1.807) is 30.3 Å². The quantitative estimate of drug-likeness (QED) is 0.547. The SMILES string of the molecule is O=C1CCC(=O)N1OB(O)c1ccccc1. The van der Waals surface area contributed by atoms with Crippen LogP contribution in [0.4, 0.5) is 0 Å². The predicted octanol–water partition coefficient (Wildman–Crippen LogP) is -0.545. The molecule has 1 fully saturated rings. The molecule has 1 aromatic rings. The zero-order valence-corrected chi connectivity index (χ0v) is 8.50. The Morgan fingerprint density at radius 1 is 1.12 bits per heavy atom. The van der Waals surface area contributed by atoms with Crippen LogP contribution in [-0.2, 0) is 14.3 Å². The maximum atomic E-state index is 11.2. The summed E-state index contributed by atoms with van der Waals surface area (Å²) in [6, 6.07) is 8.55. The monoisotopic (exact) mass is 219 g/mol. The Hall–Kier alpha value is -1.66. The molecule has 1 aliphatic rings. The Balaban J connectivity index is 2.05. The Bertz CT molecular complexity index is 393. The summed E-state index contributed by atoms with van der Waals surface area (Å²) in [6.45, 7) is 0. The number of carbonyl (C=O) groups excluding carboxylic acids is 2. The third kappa shape index (κ3) is 2.12. The number of rotatable bonds is 3. The zero-order chi connectivity index (χ0) is 11.5. The van der Waals surface area contributed by atoms with E-state index in [1.165, 1.54) is 0 Å². The Kier molecular flexibility index (Phi) is 3.03. The van der Waals surface area contributed by atoms with E-state index < -0.39 is 18.9 Å². The lowest BCUT2D eigenvalue weighted by molar-refractivity contribution is -0.167. The van der Waals surface area contributed by atoms with Crippen LogP contribution in [0.15, 0.2) is 30.3 Å². The molecular formula is C10H10BNO4. The summed E-state index contributed by atoms with van der Waals surface area (Å²) in [7, 11) is -1.30. The molecule has 0 aliphatic carbocycles. The van der Waals surface area contributed by atoms with Gasteiger partial charge in [0.25, 0.3) is 11.8 Å². The van der Waals surface area contributed by atoms with Gasteiger partial charge in [0.15, 0.2) is 0 Å². The summed E-state index contributed by atoms with van der Waals surface area (Å²) in [5, 5.41) is 10.3. The number of imide groups is 1. The lowest BCUT2D eigenvalue weighted by atomic mass is 9.80. The molecule has 0 unspecified atom stereocenters. The van der Waals surface area contributed by atoms with Gasteiger partial charge in [-0.1, -0.05) is 30.3 Å². The molecular weight excluding hydrogens is 209 g/mol. The van der Waals surface area contributed by atoms with Gasteiger partial charge in [0.1, 0.15) is 0 Å². The second-order valence-electron chi connectivity index (χ2n) is 3.45. The zero-order valence-electron chi connectivity index (χ0n) is 8.50. The van der Waals surface area contributed by atoms with E-state index in [-0.39, 0.29) is 12.8 Å². The van der Waals surface area contributed by atoms with E-state index in [0.717, 1.165) is 0 Å². The number of hydroxylamine groups is 2. The summed E-state index contributed by atoms with van der Waals surface area (Å²) >= 11 is 0. The van der Waals surface area contributed by atoms with Crippen molar-refractivity contribution in [3.05, 3.63) is 30.3 Å². The molecule has 1 aliphatic heterocycles. The van der Waals surface area contributed by atoms with Crippen LogP contribution in [0.1, 0.15) is 12.8 Å². The van der Waals surface area contributed by atoms with Crippen LogP contribution in [-0.4, -0.2) is 29.0 Å². The Morgan fingerprint density at radius 2 is 1.69 bits per heavy atom. The molecule has 0 radical (unpaired) electrons. The molecule has 1 N–H and O–H groups in total. The van der Waals surface area contributed by atoms with Gasteiger partial charge in [-0.15, -0.1) is 0 Å². The molecule has 0 spiro atoms. The van der Waals surface area contributed by atoms with Gasteiger partial charge in [0, 0.05) is 12.8 Å². The van der Waals surface area contributed by atoms with Crippen molar-refractivity contribution in [3.63, 3.8) is 0 Å². The number of benzene rings is 1. The van der Waals surface area contributed by atoms with Crippen molar-refractivity contribution in [2.24, 2.45) is 0 Å². The normalized spacial score (nSPS) is 15.7. The largest absolute Gasteiger partial charge is 0.515 e. The van der Waals surface area contributed by atoms with Gasteiger partial charge in [-0.2, -0.15) is 5.06 Å². The van der Waals surface area contributed by atoms with Crippen LogP contribution in [0.3, 0.4) is 0 Å². The molecule has 1 aromatic carbocycles. The molecule has 5 nitrogen and oxygen atoms in total. The number of amides is 2. The van der Waals surface area contributed by atoms with Crippen molar-refractivity contribution in [1.29, 1.82) is 0 Å². The number of nitrogens with zero attached hydrogens (tertiary/aromatic N) is 1. The lowest BCUT2D eigenvalue weighted by Gasteiger charge is -2.15. The fraction of sp³-hybridized carbons (Fsp3) is 0.200. The molecule has 1 saturated heterocycles. The summed E-state index contributed by atoms with van der Waals surface area (Å²) < 4.78 is 4.91. The van der Waals surface area contributed by atoms with Crippen LogP contribution in [0, 0.1) is 0 Å². The first-order valence-corrected chi connectivity index (χ1v) is 4.94. The second kappa shape index (κ2) is 4.46. The first kappa shape index (κ1) is 10.8. The Morgan fingerprint density at radius 3 is 2.25 bits per heavy atom. The molecule has 1 heterocycles. The summed E-state index contributed by atoms with van der Waals surface area (Å²) in [5.74, 6) is -0.833. The molecule has 2 rings (SSSR count). The molecule has 0 atom stereocenters. The van der Waals surface area contributed by atoms with Gasteiger partial charge < -0.3 is 5.02 Å². The average Bonchev–Trinajstić information content (AvgIpc) is 2.62. The van der Waals surface area contributed by atoms with E-state index in [4.69, 9.17) is 4.76 Å². The molecule has 0 aromatic heterocycles. The highest BCUT2D eigenvalue weighted by molar-refractivity contribution is 6.60. The summed E-state index contributed by atoms with van der Waals surface area (Å²) in [5.41, 5.74) is 0.495. The molecule has 82 valence electrons. The van der Waals surface area contributed by atoms with E-state index in [0.29, 0.717) is 10.5 Å². The van der Waals surface area contributed by atoms with Crippen molar-refractivity contribution < 1.29 is 19.4 Å². The third-order valence-corrected chi connectivity index (χ3v) is 2.30. The number of hydrogen-bond acceptors (Lipinski definition) is 4. The highest BCUT2D eigenvalue weighted by Crippen LogP contribution is 2.12. The van der Waals surface area contributed by atoms with E-state index in [9.17, 15) is 14.6 Å². The maximum absolute atomic E-state index is 11.2.